The number of rotatable bonds is 7. The van der Waals surface area contributed by atoms with Crippen molar-refractivity contribution in [1.82, 2.24) is 5.32 Å². The van der Waals surface area contributed by atoms with E-state index in [0.717, 1.165) is 27.8 Å². The van der Waals surface area contributed by atoms with E-state index in [1.807, 2.05) is 62.4 Å². The van der Waals surface area contributed by atoms with Crippen molar-refractivity contribution in [3.05, 3.63) is 94.5 Å². The fourth-order valence-electron chi connectivity index (χ4n) is 4.31. The molecule has 0 unspecified atom stereocenters. The lowest BCUT2D eigenvalue weighted by Gasteiger charge is -2.17. The number of carboxylic acids is 1. The first-order chi connectivity index (χ1) is 15.4. The molecular weight excluding hydrogens is 402 g/mol. The van der Waals surface area contributed by atoms with Gasteiger partial charge in [0.2, 0.25) is 0 Å². The summed E-state index contributed by atoms with van der Waals surface area (Å²) in [6.07, 6.45) is 0.142. The highest BCUT2D eigenvalue weighted by molar-refractivity contribution is 5.81. The second-order valence-electron chi connectivity index (χ2n) is 8.32. The van der Waals surface area contributed by atoms with Gasteiger partial charge in [-0.1, -0.05) is 66.7 Å². The predicted octanol–water partition coefficient (Wildman–Crippen LogP) is 5.23. The molecule has 0 aromatic heterocycles. The van der Waals surface area contributed by atoms with E-state index in [0.29, 0.717) is 12.8 Å². The summed E-state index contributed by atoms with van der Waals surface area (Å²) in [6.45, 7) is 4.23. The number of alkyl carbamates (subject to hydrolysis) is 1. The molecule has 0 bridgehead atoms. The van der Waals surface area contributed by atoms with E-state index in [4.69, 9.17) is 4.74 Å². The summed E-state index contributed by atoms with van der Waals surface area (Å²) < 4.78 is 5.49. The number of aryl methyl sites for hydroxylation is 3. The van der Waals surface area contributed by atoms with Gasteiger partial charge in [-0.15, -0.1) is 0 Å². The van der Waals surface area contributed by atoms with Crippen molar-refractivity contribution in [2.45, 2.75) is 38.6 Å². The first-order valence-corrected chi connectivity index (χ1v) is 10.8. The zero-order chi connectivity index (χ0) is 22.7. The minimum Gasteiger partial charge on any atom is -0.480 e. The Morgan fingerprint density at radius 1 is 0.938 bits per heavy atom. The minimum absolute atomic E-state index is 0.0630. The average Bonchev–Trinajstić information content (AvgIpc) is 3.11. The van der Waals surface area contributed by atoms with Crippen LogP contribution in [-0.2, 0) is 16.0 Å². The molecule has 4 rings (SSSR count). The van der Waals surface area contributed by atoms with Crippen LogP contribution in [0, 0.1) is 13.8 Å². The number of benzene rings is 3. The number of ether oxygens (including phenoxy) is 1. The Hall–Kier alpha value is -3.60. The molecule has 0 saturated heterocycles. The van der Waals surface area contributed by atoms with Gasteiger partial charge in [-0.25, -0.2) is 9.59 Å². The Labute approximate surface area is 188 Å². The van der Waals surface area contributed by atoms with Gasteiger partial charge in [0.1, 0.15) is 12.6 Å². The van der Waals surface area contributed by atoms with Gasteiger partial charge in [0, 0.05) is 5.92 Å². The Morgan fingerprint density at radius 2 is 1.56 bits per heavy atom. The molecule has 3 aromatic rings. The van der Waals surface area contributed by atoms with Gasteiger partial charge in [-0.3, -0.25) is 0 Å². The maximum atomic E-state index is 12.5. The molecule has 164 valence electrons. The van der Waals surface area contributed by atoms with E-state index >= 15 is 0 Å². The molecule has 0 saturated carbocycles. The van der Waals surface area contributed by atoms with E-state index in [-0.39, 0.29) is 12.5 Å². The molecule has 1 aliphatic rings. The van der Waals surface area contributed by atoms with Gasteiger partial charge in [-0.2, -0.15) is 0 Å². The third-order valence-electron chi connectivity index (χ3n) is 6.23. The van der Waals surface area contributed by atoms with Crippen molar-refractivity contribution in [3.8, 4) is 11.1 Å². The molecule has 0 spiro atoms. The van der Waals surface area contributed by atoms with Crippen LogP contribution < -0.4 is 5.32 Å². The van der Waals surface area contributed by atoms with Crippen molar-refractivity contribution in [2.24, 2.45) is 0 Å². The van der Waals surface area contributed by atoms with Crippen molar-refractivity contribution >= 4 is 12.1 Å². The summed E-state index contributed by atoms with van der Waals surface area (Å²) in [5, 5.41) is 12.1. The molecule has 0 heterocycles. The Morgan fingerprint density at radius 3 is 2.16 bits per heavy atom. The molecule has 0 radical (unpaired) electrons. The van der Waals surface area contributed by atoms with Crippen LogP contribution in [0.3, 0.4) is 0 Å². The lowest BCUT2D eigenvalue weighted by atomic mass is 9.98. The van der Waals surface area contributed by atoms with Gasteiger partial charge in [-0.05, 0) is 65.6 Å². The van der Waals surface area contributed by atoms with Crippen molar-refractivity contribution < 1.29 is 19.4 Å². The first-order valence-electron chi connectivity index (χ1n) is 10.8. The molecule has 32 heavy (non-hydrogen) atoms. The van der Waals surface area contributed by atoms with Gasteiger partial charge >= 0.3 is 12.1 Å². The first kappa shape index (κ1) is 21.6. The Bertz CT molecular complexity index is 1110. The highest BCUT2D eigenvalue weighted by atomic mass is 16.5. The molecule has 0 fully saturated rings. The highest BCUT2D eigenvalue weighted by Gasteiger charge is 2.29. The number of nitrogens with one attached hydrogen (secondary N) is 1. The van der Waals surface area contributed by atoms with Crippen molar-refractivity contribution in [3.63, 3.8) is 0 Å². The fourth-order valence-corrected chi connectivity index (χ4v) is 4.31. The van der Waals surface area contributed by atoms with E-state index in [1.165, 1.54) is 11.1 Å². The lowest BCUT2D eigenvalue weighted by molar-refractivity contribution is -0.139. The molecular formula is C27H27NO4. The smallest absolute Gasteiger partial charge is 0.407 e. The predicted molar refractivity (Wildman–Crippen MR) is 124 cm³/mol. The van der Waals surface area contributed by atoms with Crippen LogP contribution in [0.15, 0.2) is 66.7 Å². The fraction of sp³-hybridized carbons (Fsp3) is 0.259. The second kappa shape index (κ2) is 9.27. The number of amides is 1. The standard InChI is InChI=1S/C27H27NO4/c1-17-11-12-19(15-18(17)2)13-14-25(26(29)30)28-27(31)32-16-24-22-9-5-3-7-20(22)21-8-4-6-10-23(21)24/h3-12,15,24-25H,13-14,16H2,1-2H3,(H,28,31)(H,29,30)/t25-/m0/s1. The number of hydrogen-bond donors (Lipinski definition) is 2. The van der Waals surface area contributed by atoms with Crippen LogP contribution in [0.25, 0.3) is 11.1 Å². The van der Waals surface area contributed by atoms with Crippen molar-refractivity contribution in [1.29, 1.82) is 0 Å². The molecule has 5 heteroatoms. The van der Waals surface area contributed by atoms with Crippen LogP contribution in [0.2, 0.25) is 0 Å². The summed E-state index contributed by atoms with van der Waals surface area (Å²) in [6, 6.07) is 21.3. The lowest BCUT2D eigenvalue weighted by Crippen LogP contribution is -2.41. The van der Waals surface area contributed by atoms with E-state index in [9.17, 15) is 14.7 Å². The normalized spacial score (nSPS) is 13.2. The summed E-state index contributed by atoms with van der Waals surface area (Å²) in [5.41, 5.74) is 7.94. The number of aliphatic carboxylic acids is 1. The summed E-state index contributed by atoms with van der Waals surface area (Å²) in [7, 11) is 0. The zero-order valence-electron chi connectivity index (χ0n) is 18.3. The van der Waals surface area contributed by atoms with Crippen LogP contribution >= 0.6 is 0 Å². The number of carboxylic acid groups (broad SMARTS) is 1. The highest BCUT2D eigenvalue weighted by Crippen LogP contribution is 2.44. The van der Waals surface area contributed by atoms with Crippen LogP contribution in [0.1, 0.15) is 40.2 Å². The zero-order valence-corrected chi connectivity index (χ0v) is 18.3. The van der Waals surface area contributed by atoms with E-state index in [2.05, 4.69) is 23.5 Å². The maximum Gasteiger partial charge on any atom is 0.407 e. The molecule has 0 aliphatic heterocycles. The minimum atomic E-state index is -1.07. The van der Waals surface area contributed by atoms with Crippen LogP contribution in [0.4, 0.5) is 4.79 Å². The second-order valence-corrected chi connectivity index (χ2v) is 8.32. The monoisotopic (exact) mass is 429 g/mol. The average molecular weight is 430 g/mol. The Balaban J connectivity index is 1.38. The molecule has 5 nitrogen and oxygen atoms in total. The van der Waals surface area contributed by atoms with Crippen LogP contribution in [0.5, 0.6) is 0 Å². The summed E-state index contributed by atoms with van der Waals surface area (Å²) >= 11 is 0. The number of carbonyl (C=O) groups excluding carboxylic acids is 1. The van der Waals surface area contributed by atoms with Gasteiger partial charge in [0.05, 0.1) is 0 Å². The molecule has 1 amide bonds. The summed E-state index contributed by atoms with van der Waals surface area (Å²) in [5.74, 6) is -1.13. The SMILES string of the molecule is Cc1ccc(CC[C@H](NC(=O)OCC2c3ccccc3-c3ccccc32)C(=O)O)cc1C. The number of carbonyl (C=O) groups is 2. The molecule has 1 atom stereocenters. The van der Waals surface area contributed by atoms with Gasteiger partial charge in [0.15, 0.2) is 0 Å². The van der Waals surface area contributed by atoms with E-state index in [1.54, 1.807) is 0 Å². The molecule has 2 N–H and O–H groups in total. The van der Waals surface area contributed by atoms with E-state index < -0.39 is 18.1 Å². The molecule has 1 aliphatic carbocycles. The molecule has 3 aromatic carbocycles. The topological polar surface area (TPSA) is 75.6 Å². The summed E-state index contributed by atoms with van der Waals surface area (Å²) in [4.78, 5) is 24.1. The largest absolute Gasteiger partial charge is 0.480 e. The Kier molecular flexibility index (Phi) is 6.26. The maximum absolute atomic E-state index is 12.5. The number of fused-ring (bicyclic) bond motifs is 3. The number of hydrogen-bond acceptors (Lipinski definition) is 3. The van der Waals surface area contributed by atoms with Gasteiger partial charge in [0.25, 0.3) is 0 Å². The van der Waals surface area contributed by atoms with Crippen molar-refractivity contribution in [2.75, 3.05) is 6.61 Å². The van der Waals surface area contributed by atoms with Crippen LogP contribution in [-0.4, -0.2) is 29.8 Å². The third-order valence-corrected chi connectivity index (χ3v) is 6.23. The quantitative estimate of drug-likeness (QED) is 0.539. The van der Waals surface area contributed by atoms with Gasteiger partial charge < -0.3 is 15.2 Å². The third kappa shape index (κ3) is 4.52.